The van der Waals surface area contributed by atoms with Crippen molar-refractivity contribution in [3.63, 3.8) is 0 Å². The summed E-state index contributed by atoms with van der Waals surface area (Å²) in [6.07, 6.45) is 1.26. The van der Waals surface area contributed by atoms with E-state index in [0.717, 1.165) is 25.2 Å². The molecule has 1 aromatic rings. The molecule has 2 aliphatic heterocycles. The van der Waals surface area contributed by atoms with E-state index in [9.17, 15) is 5.11 Å². The van der Waals surface area contributed by atoms with E-state index in [1.165, 1.54) is 0 Å². The van der Waals surface area contributed by atoms with Gasteiger partial charge in [-0.05, 0) is 18.6 Å². The molecule has 1 saturated heterocycles. The molecular weight excluding hydrogens is 247 g/mol. The number of benzene rings is 1. The van der Waals surface area contributed by atoms with Crippen LogP contribution in [0.25, 0.3) is 0 Å². The van der Waals surface area contributed by atoms with Crippen molar-refractivity contribution in [1.82, 2.24) is 4.90 Å². The van der Waals surface area contributed by atoms with Gasteiger partial charge in [0.2, 0.25) is 0 Å². The van der Waals surface area contributed by atoms with E-state index in [4.69, 9.17) is 23.2 Å². The minimum Gasteiger partial charge on any atom is -0.369 e. The van der Waals surface area contributed by atoms with Crippen molar-refractivity contribution in [3.05, 3.63) is 27.7 Å². The van der Waals surface area contributed by atoms with Crippen LogP contribution in [-0.2, 0) is 0 Å². The number of amidine groups is 1. The molecule has 1 fully saturated rings. The fourth-order valence-corrected chi connectivity index (χ4v) is 2.81. The van der Waals surface area contributed by atoms with Gasteiger partial charge in [-0.1, -0.05) is 23.2 Å². The maximum absolute atomic E-state index is 10.2. The molecule has 16 heavy (non-hydrogen) atoms. The molecule has 1 unspecified atom stereocenters. The van der Waals surface area contributed by atoms with Crippen molar-refractivity contribution in [2.75, 3.05) is 6.54 Å². The van der Waals surface area contributed by atoms with Gasteiger partial charge >= 0.3 is 0 Å². The monoisotopic (exact) mass is 256 g/mol. The van der Waals surface area contributed by atoms with Crippen molar-refractivity contribution < 1.29 is 5.11 Å². The van der Waals surface area contributed by atoms with Crippen molar-refractivity contribution >= 4 is 34.7 Å². The molecule has 1 atom stereocenters. The second-order valence-electron chi connectivity index (χ2n) is 4.02. The molecule has 2 aliphatic rings. The van der Waals surface area contributed by atoms with Crippen molar-refractivity contribution in [1.29, 1.82) is 0 Å². The first kappa shape index (κ1) is 10.4. The number of halogens is 2. The summed E-state index contributed by atoms with van der Waals surface area (Å²) in [5, 5.41) is 11.2. The van der Waals surface area contributed by atoms with Crippen LogP contribution in [0, 0.1) is 0 Å². The van der Waals surface area contributed by atoms with Crippen molar-refractivity contribution in [2.45, 2.75) is 19.1 Å². The average Bonchev–Trinajstić information content (AvgIpc) is 2.68. The first-order valence-electron chi connectivity index (χ1n) is 5.18. The predicted molar refractivity (Wildman–Crippen MR) is 64.5 cm³/mol. The van der Waals surface area contributed by atoms with Gasteiger partial charge in [-0.2, -0.15) is 0 Å². The van der Waals surface area contributed by atoms with E-state index in [-0.39, 0.29) is 0 Å². The molecule has 1 N–H and O–H groups in total. The number of fused-ring (bicyclic) bond motifs is 2. The summed E-state index contributed by atoms with van der Waals surface area (Å²) in [6, 6.07) is 3.38. The van der Waals surface area contributed by atoms with E-state index in [1.807, 2.05) is 4.90 Å². The zero-order valence-electron chi connectivity index (χ0n) is 8.45. The standard InChI is InChI=1S/C11H10Cl2N2O/c12-6-4-7-10(8(13)5-6)14-9-2-1-3-15(9)11(7)16/h4-5,11,16H,1-3H2. The summed E-state index contributed by atoms with van der Waals surface area (Å²) in [4.78, 5) is 6.39. The molecule has 5 heteroatoms. The van der Waals surface area contributed by atoms with Crippen LogP contribution in [0.4, 0.5) is 5.69 Å². The van der Waals surface area contributed by atoms with Gasteiger partial charge in [0.1, 0.15) is 5.84 Å². The molecule has 2 heterocycles. The normalized spacial score (nSPS) is 22.8. The summed E-state index contributed by atoms with van der Waals surface area (Å²) in [7, 11) is 0. The van der Waals surface area contributed by atoms with Crippen LogP contribution in [0.3, 0.4) is 0 Å². The lowest BCUT2D eigenvalue weighted by molar-refractivity contribution is 0.0576. The lowest BCUT2D eigenvalue weighted by Crippen LogP contribution is -2.32. The third-order valence-corrected chi connectivity index (χ3v) is 3.51. The Bertz CT molecular complexity index is 487. The van der Waals surface area contributed by atoms with Crippen molar-refractivity contribution in [2.24, 2.45) is 4.99 Å². The molecule has 0 amide bonds. The van der Waals surface area contributed by atoms with Crippen LogP contribution in [0.15, 0.2) is 17.1 Å². The Balaban J connectivity index is 2.20. The third-order valence-electron chi connectivity index (χ3n) is 3.00. The Morgan fingerprint density at radius 3 is 3.00 bits per heavy atom. The SMILES string of the molecule is OC1c2cc(Cl)cc(Cl)c2N=C2CCCN21. The first-order valence-corrected chi connectivity index (χ1v) is 5.93. The topological polar surface area (TPSA) is 35.8 Å². The molecule has 84 valence electrons. The minimum absolute atomic E-state index is 0.501. The molecule has 0 bridgehead atoms. The average molecular weight is 257 g/mol. The number of aliphatic imine (C=N–C) groups is 1. The van der Waals surface area contributed by atoms with E-state index < -0.39 is 6.23 Å². The highest BCUT2D eigenvalue weighted by Crippen LogP contribution is 2.42. The summed E-state index contributed by atoms with van der Waals surface area (Å²) in [5.41, 5.74) is 1.36. The van der Waals surface area contributed by atoms with Gasteiger partial charge in [-0.3, -0.25) is 0 Å². The fourth-order valence-electron chi connectivity index (χ4n) is 2.26. The van der Waals surface area contributed by atoms with Crippen LogP contribution < -0.4 is 0 Å². The Kier molecular flexibility index (Phi) is 2.35. The molecule has 0 radical (unpaired) electrons. The van der Waals surface area contributed by atoms with Crippen LogP contribution >= 0.6 is 23.2 Å². The quantitative estimate of drug-likeness (QED) is 0.775. The van der Waals surface area contributed by atoms with Gasteiger partial charge in [0, 0.05) is 23.6 Å². The Labute approximate surface area is 103 Å². The highest BCUT2D eigenvalue weighted by molar-refractivity contribution is 6.36. The fraction of sp³-hybridized carbons (Fsp3) is 0.364. The lowest BCUT2D eigenvalue weighted by atomic mass is 10.1. The van der Waals surface area contributed by atoms with Gasteiger partial charge in [0.25, 0.3) is 0 Å². The number of hydrogen-bond acceptors (Lipinski definition) is 3. The second kappa shape index (κ2) is 3.62. The van der Waals surface area contributed by atoms with Gasteiger partial charge < -0.3 is 10.0 Å². The molecule has 3 nitrogen and oxygen atoms in total. The molecule has 0 spiro atoms. The molecule has 0 aliphatic carbocycles. The number of hydrogen-bond donors (Lipinski definition) is 1. The number of rotatable bonds is 0. The smallest absolute Gasteiger partial charge is 0.156 e. The van der Waals surface area contributed by atoms with Crippen LogP contribution in [0.2, 0.25) is 10.0 Å². The van der Waals surface area contributed by atoms with Gasteiger partial charge in [-0.15, -0.1) is 0 Å². The lowest BCUT2D eigenvalue weighted by Gasteiger charge is -2.31. The highest BCUT2D eigenvalue weighted by Gasteiger charge is 2.32. The van der Waals surface area contributed by atoms with E-state index >= 15 is 0 Å². The van der Waals surface area contributed by atoms with Gasteiger partial charge in [-0.25, -0.2) is 4.99 Å². The molecule has 0 saturated carbocycles. The molecule has 0 aromatic heterocycles. The van der Waals surface area contributed by atoms with Gasteiger partial charge in [0.15, 0.2) is 6.23 Å². The summed E-state index contributed by atoms with van der Waals surface area (Å²) in [6.45, 7) is 0.837. The van der Waals surface area contributed by atoms with Crippen LogP contribution in [0.1, 0.15) is 24.6 Å². The minimum atomic E-state index is -0.666. The maximum atomic E-state index is 10.2. The highest BCUT2D eigenvalue weighted by atomic mass is 35.5. The Morgan fingerprint density at radius 2 is 2.19 bits per heavy atom. The Morgan fingerprint density at radius 1 is 1.38 bits per heavy atom. The van der Waals surface area contributed by atoms with Crippen LogP contribution in [0.5, 0.6) is 0 Å². The molecular formula is C11H10Cl2N2O. The number of nitrogens with zero attached hydrogens (tertiary/aromatic N) is 2. The largest absolute Gasteiger partial charge is 0.369 e. The zero-order chi connectivity index (χ0) is 11.3. The summed E-state index contributed by atoms with van der Waals surface area (Å²) >= 11 is 12.0. The first-order chi connectivity index (χ1) is 7.66. The zero-order valence-corrected chi connectivity index (χ0v) is 9.96. The number of aliphatic hydroxyl groups excluding tert-OH is 1. The van der Waals surface area contributed by atoms with E-state index in [1.54, 1.807) is 12.1 Å². The second-order valence-corrected chi connectivity index (χ2v) is 4.87. The maximum Gasteiger partial charge on any atom is 0.156 e. The summed E-state index contributed by atoms with van der Waals surface area (Å²) < 4.78 is 0. The van der Waals surface area contributed by atoms with Crippen molar-refractivity contribution in [3.8, 4) is 0 Å². The Hall–Kier alpha value is -0.770. The predicted octanol–water partition coefficient (Wildman–Crippen LogP) is 3.12. The number of aliphatic hydroxyl groups is 1. The van der Waals surface area contributed by atoms with E-state index in [2.05, 4.69) is 4.99 Å². The van der Waals surface area contributed by atoms with Gasteiger partial charge in [0.05, 0.1) is 10.7 Å². The van der Waals surface area contributed by atoms with Crippen LogP contribution in [-0.4, -0.2) is 22.4 Å². The summed E-state index contributed by atoms with van der Waals surface area (Å²) in [5.74, 6) is 0.921. The van der Waals surface area contributed by atoms with E-state index in [0.29, 0.717) is 21.3 Å². The third kappa shape index (κ3) is 1.43. The molecule has 1 aromatic carbocycles. The molecule has 3 rings (SSSR count).